The first-order valence-corrected chi connectivity index (χ1v) is 10.8. The van der Waals surface area contributed by atoms with E-state index < -0.39 is 21.6 Å². The van der Waals surface area contributed by atoms with Crippen LogP contribution in [0.5, 0.6) is 0 Å². The van der Waals surface area contributed by atoms with Gasteiger partial charge in [0.15, 0.2) is 9.84 Å². The number of benzene rings is 2. The number of sulfone groups is 1. The van der Waals surface area contributed by atoms with Crippen LogP contribution in [0.4, 0.5) is 15.8 Å². The van der Waals surface area contributed by atoms with Crippen LogP contribution in [0.2, 0.25) is 0 Å². The highest BCUT2D eigenvalue weighted by Crippen LogP contribution is 2.32. The molecule has 2 amide bonds. The first-order chi connectivity index (χ1) is 12.8. The molecule has 0 aromatic heterocycles. The zero-order valence-electron chi connectivity index (χ0n) is 14.2. The number of halogens is 1. The lowest BCUT2D eigenvalue weighted by atomic mass is 10.3. The van der Waals surface area contributed by atoms with Gasteiger partial charge >= 0.3 is 0 Å². The van der Waals surface area contributed by atoms with Crippen molar-refractivity contribution < 1.29 is 22.4 Å². The maximum Gasteiger partial charge on any atom is 0.225 e. The van der Waals surface area contributed by atoms with Gasteiger partial charge in [-0.2, -0.15) is 0 Å². The van der Waals surface area contributed by atoms with E-state index in [9.17, 15) is 22.4 Å². The van der Waals surface area contributed by atoms with Crippen LogP contribution in [0, 0.1) is 5.82 Å². The topological polar surface area (TPSA) is 92.3 Å². The van der Waals surface area contributed by atoms with Crippen molar-refractivity contribution in [2.75, 3.05) is 22.1 Å². The molecular weight excluding hydrogens is 391 g/mol. The minimum atomic E-state index is -3.70. The van der Waals surface area contributed by atoms with Crippen molar-refractivity contribution in [1.82, 2.24) is 0 Å². The molecule has 27 heavy (non-hydrogen) atoms. The van der Waals surface area contributed by atoms with Crippen molar-refractivity contribution in [3.8, 4) is 0 Å². The number of fused-ring (bicyclic) bond motifs is 1. The summed E-state index contributed by atoms with van der Waals surface area (Å²) in [6.07, 6.45) is 0.128. The summed E-state index contributed by atoms with van der Waals surface area (Å²) in [7, 11) is -3.70. The SMILES string of the molecule is O=C(CCS(=O)(=O)c1ccc2c(c1)NC(=O)CCS2)Nc1ccc(F)cc1. The minimum absolute atomic E-state index is 0.0543. The molecule has 6 nitrogen and oxygen atoms in total. The van der Waals surface area contributed by atoms with Gasteiger partial charge in [0.05, 0.1) is 16.3 Å². The van der Waals surface area contributed by atoms with E-state index in [-0.39, 0.29) is 23.0 Å². The fraction of sp³-hybridized carbons (Fsp3) is 0.222. The third-order valence-corrected chi connectivity index (χ3v) is 6.69. The Hall–Kier alpha value is -2.39. The molecule has 2 aromatic rings. The van der Waals surface area contributed by atoms with Crippen LogP contribution in [-0.4, -0.2) is 31.7 Å². The van der Waals surface area contributed by atoms with Crippen LogP contribution < -0.4 is 10.6 Å². The molecule has 0 atom stereocenters. The number of hydrogen-bond donors (Lipinski definition) is 2. The molecule has 9 heteroatoms. The predicted octanol–water partition coefficient (Wildman–Crippen LogP) is 3.06. The van der Waals surface area contributed by atoms with Crippen LogP contribution in [-0.2, 0) is 19.4 Å². The maximum absolute atomic E-state index is 12.9. The minimum Gasteiger partial charge on any atom is -0.326 e. The van der Waals surface area contributed by atoms with Gasteiger partial charge in [-0.05, 0) is 42.5 Å². The second-order valence-corrected chi connectivity index (χ2v) is 9.17. The molecule has 0 saturated carbocycles. The fourth-order valence-corrected chi connectivity index (χ4v) is 4.69. The lowest BCUT2D eigenvalue weighted by Gasteiger charge is -2.10. The van der Waals surface area contributed by atoms with Crippen LogP contribution in [0.15, 0.2) is 52.3 Å². The van der Waals surface area contributed by atoms with Gasteiger partial charge < -0.3 is 10.6 Å². The van der Waals surface area contributed by atoms with Gasteiger partial charge in [0.2, 0.25) is 11.8 Å². The van der Waals surface area contributed by atoms with Crippen molar-refractivity contribution in [3.63, 3.8) is 0 Å². The number of rotatable bonds is 5. The molecule has 0 aliphatic carbocycles. The number of nitrogens with one attached hydrogen (secondary N) is 2. The highest BCUT2D eigenvalue weighted by Gasteiger charge is 2.20. The highest BCUT2D eigenvalue weighted by atomic mass is 32.2. The molecule has 3 rings (SSSR count). The smallest absolute Gasteiger partial charge is 0.225 e. The zero-order chi connectivity index (χ0) is 19.4. The van der Waals surface area contributed by atoms with Crippen LogP contribution in [0.3, 0.4) is 0 Å². The van der Waals surface area contributed by atoms with E-state index in [0.717, 1.165) is 4.90 Å². The van der Waals surface area contributed by atoms with E-state index in [1.54, 1.807) is 6.07 Å². The van der Waals surface area contributed by atoms with E-state index in [1.165, 1.54) is 48.2 Å². The zero-order valence-corrected chi connectivity index (χ0v) is 15.8. The van der Waals surface area contributed by atoms with E-state index in [0.29, 0.717) is 23.5 Å². The standard InChI is InChI=1S/C18H17FN2O4S2/c19-12-1-3-13(4-2-12)20-18(23)8-10-27(24,25)14-5-6-16-15(11-14)21-17(22)7-9-26-16/h1-6,11H,7-10H2,(H,20,23)(H,21,22). The molecule has 0 saturated heterocycles. The summed E-state index contributed by atoms with van der Waals surface area (Å²) in [6, 6.07) is 9.78. The number of thioether (sulfide) groups is 1. The third kappa shape index (κ3) is 5.08. The first-order valence-electron chi connectivity index (χ1n) is 8.18. The van der Waals surface area contributed by atoms with E-state index >= 15 is 0 Å². The Labute approximate surface area is 160 Å². The number of anilines is 2. The Bertz CT molecular complexity index is 975. The van der Waals surface area contributed by atoms with E-state index in [2.05, 4.69) is 10.6 Å². The van der Waals surface area contributed by atoms with Gasteiger partial charge in [0.25, 0.3) is 0 Å². The van der Waals surface area contributed by atoms with Crippen molar-refractivity contribution in [1.29, 1.82) is 0 Å². The summed E-state index contributed by atoms with van der Waals surface area (Å²) in [5, 5.41) is 5.23. The maximum atomic E-state index is 12.9. The summed E-state index contributed by atoms with van der Waals surface area (Å²) in [6.45, 7) is 0. The van der Waals surface area contributed by atoms with Crippen molar-refractivity contribution >= 4 is 44.8 Å². The van der Waals surface area contributed by atoms with Crippen LogP contribution in [0.1, 0.15) is 12.8 Å². The molecular formula is C18H17FN2O4S2. The second kappa shape index (κ2) is 8.10. The normalized spacial score (nSPS) is 14.0. The largest absolute Gasteiger partial charge is 0.326 e. The number of amides is 2. The summed E-state index contributed by atoms with van der Waals surface area (Å²) in [4.78, 5) is 24.5. The molecule has 142 valence electrons. The lowest BCUT2D eigenvalue weighted by Crippen LogP contribution is -2.17. The molecule has 0 radical (unpaired) electrons. The van der Waals surface area contributed by atoms with Gasteiger partial charge in [-0.15, -0.1) is 11.8 Å². The third-order valence-electron chi connectivity index (χ3n) is 3.90. The molecule has 1 aliphatic rings. The summed E-state index contributed by atoms with van der Waals surface area (Å²) in [5.41, 5.74) is 0.864. The summed E-state index contributed by atoms with van der Waals surface area (Å²) < 4.78 is 37.9. The average Bonchev–Trinajstić information content (AvgIpc) is 2.82. The van der Waals surface area contributed by atoms with Crippen molar-refractivity contribution in [2.24, 2.45) is 0 Å². The van der Waals surface area contributed by atoms with E-state index in [1.807, 2.05) is 0 Å². The highest BCUT2D eigenvalue weighted by molar-refractivity contribution is 7.99. The Morgan fingerprint density at radius 2 is 1.93 bits per heavy atom. The molecule has 0 unspecified atom stereocenters. The lowest BCUT2D eigenvalue weighted by molar-refractivity contribution is -0.116. The molecule has 0 spiro atoms. The van der Waals surface area contributed by atoms with Gasteiger partial charge in [-0.25, -0.2) is 12.8 Å². The monoisotopic (exact) mass is 408 g/mol. The Kier molecular flexibility index (Phi) is 5.81. The Morgan fingerprint density at radius 1 is 1.19 bits per heavy atom. The molecule has 0 fully saturated rings. The quantitative estimate of drug-likeness (QED) is 0.793. The fourth-order valence-electron chi connectivity index (χ4n) is 2.49. The van der Waals surface area contributed by atoms with Crippen molar-refractivity contribution in [2.45, 2.75) is 22.6 Å². The van der Waals surface area contributed by atoms with Gasteiger partial charge in [0, 0.05) is 29.2 Å². The van der Waals surface area contributed by atoms with Crippen LogP contribution >= 0.6 is 11.8 Å². The second-order valence-electron chi connectivity index (χ2n) is 5.93. The van der Waals surface area contributed by atoms with Gasteiger partial charge in [-0.1, -0.05) is 0 Å². The number of carbonyl (C=O) groups is 2. The first kappa shape index (κ1) is 19.4. The Morgan fingerprint density at radius 3 is 2.67 bits per heavy atom. The summed E-state index contributed by atoms with van der Waals surface area (Å²) in [5.74, 6) is -0.809. The van der Waals surface area contributed by atoms with Gasteiger partial charge in [-0.3, -0.25) is 9.59 Å². The van der Waals surface area contributed by atoms with E-state index in [4.69, 9.17) is 0 Å². The number of hydrogen-bond acceptors (Lipinski definition) is 5. The molecule has 1 aliphatic heterocycles. The van der Waals surface area contributed by atoms with Gasteiger partial charge in [0.1, 0.15) is 5.82 Å². The Balaban J connectivity index is 1.67. The van der Waals surface area contributed by atoms with Crippen LogP contribution in [0.25, 0.3) is 0 Å². The molecule has 2 N–H and O–H groups in total. The average molecular weight is 408 g/mol. The molecule has 1 heterocycles. The van der Waals surface area contributed by atoms with Crippen molar-refractivity contribution in [3.05, 3.63) is 48.3 Å². The summed E-state index contributed by atoms with van der Waals surface area (Å²) >= 11 is 1.48. The number of carbonyl (C=O) groups excluding carboxylic acids is 2. The molecule has 0 bridgehead atoms. The molecule has 2 aromatic carbocycles. The predicted molar refractivity (Wildman–Crippen MR) is 102 cm³/mol.